The molecule has 2 aliphatic rings. The predicted molar refractivity (Wildman–Crippen MR) is 84.2 cm³/mol. The van der Waals surface area contributed by atoms with E-state index in [1.165, 1.54) is 61.5 Å². The average Bonchev–Trinajstić information content (AvgIpc) is 2.33. The van der Waals surface area contributed by atoms with Gasteiger partial charge in [-0.2, -0.15) is 0 Å². The first-order chi connectivity index (χ1) is 9.63. The van der Waals surface area contributed by atoms with Crippen molar-refractivity contribution >= 4 is 0 Å². The number of rotatable bonds is 3. The first kappa shape index (κ1) is 14.1. The molecule has 2 saturated heterocycles. The van der Waals surface area contributed by atoms with Gasteiger partial charge in [-0.1, -0.05) is 17.7 Å². The standard InChI is InChI=1S/C17H27N3/c1-13-8-14(2)17(15(3)9-13)12-19-4-6-20(7-5-19)16-10-18-11-16/h8-9,16,18H,4-7,10-12H2,1-3H3. The third kappa shape index (κ3) is 2.90. The number of nitrogens with one attached hydrogen (secondary N) is 1. The molecular formula is C17H27N3. The van der Waals surface area contributed by atoms with Gasteiger partial charge in [0, 0.05) is 51.9 Å². The second kappa shape index (κ2) is 5.84. The van der Waals surface area contributed by atoms with Gasteiger partial charge in [-0.05, 0) is 37.5 Å². The van der Waals surface area contributed by atoms with Crippen LogP contribution in [0.1, 0.15) is 22.3 Å². The number of aryl methyl sites for hydroxylation is 3. The summed E-state index contributed by atoms with van der Waals surface area (Å²) in [4.78, 5) is 5.27. The molecule has 0 spiro atoms. The van der Waals surface area contributed by atoms with E-state index in [0.717, 1.165) is 12.6 Å². The molecule has 3 nitrogen and oxygen atoms in total. The second-order valence-corrected chi connectivity index (χ2v) is 6.50. The Morgan fingerprint density at radius 2 is 1.60 bits per heavy atom. The summed E-state index contributed by atoms with van der Waals surface area (Å²) in [6, 6.07) is 5.44. The minimum atomic E-state index is 0.806. The van der Waals surface area contributed by atoms with Crippen LogP contribution in [0.2, 0.25) is 0 Å². The van der Waals surface area contributed by atoms with E-state index in [-0.39, 0.29) is 0 Å². The molecule has 0 saturated carbocycles. The lowest BCUT2D eigenvalue weighted by atomic mass is 9.99. The molecule has 2 aliphatic heterocycles. The van der Waals surface area contributed by atoms with Gasteiger partial charge in [-0.25, -0.2) is 0 Å². The van der Waals surface area contributed by atoms with Gasteiger partial charge in [0.25, 0.3) is 0 Å². The van der Waals surface area contributed by atoms with E-state index in [1.54, 1.807) is 0 Å². The van der Waals surface area contributed by atoms with E-state index in [4.69, 9.17) is 0 Å². The van der Waals surface area contributed by atoms with Gasteiger partial charge < -0.3 is 5.32 Å². The van der Waals surface area contributed by atoms with Crippen LogP contribution in [0.5, 0.6) is 0 Å². The van der Waals surface area contributed by atoms with Gasteiger partial charge in [0.05, 0.1) is 0 Å². The van der Waals surface area contributed by atoms with Crippen molar-refractivity contribution in [3.05, 3.63) is 34.4 Å². The van der Waals surface area contributed by atoms with Crippen molar-refractivity contribution in [1.82, 2.24) is 15.1 Å². The molecule has 2 heterocycles. The predicted octanol–water partition coefficient (Wildman–Crippen LogP) is 1.70. The Morgan fingerprint density at radius 1 is 1.00 bits per heavy atom. The van der Waals surface area contributed by atoms with Gasteiger partial charge in [-0.3, -0.25) is 9.80 Å². The van der Waals surface area contributed by atoms with E-state index in [0.29, 0.717) is 0 Å². The average molecular weight is 273 g/mol. The van der Waals surface area contributed by atoms with Gasteiger partial charge in [0.2, 0.25) is 0 Å². The number of hydrogen-bond donors (Lipinski definition) is 1. The first-order valence-electron chi connectivity index (χ1n) is 7.87. The van der Waals surface area contributed by atoms with Crippen LogP contribution in [0.15, 0.2) is 12.1 Å². The van der Waals surface area contributed by atoms with Gasteiger partial charge in [-0.15, -0.1) is 0 Å². The van der Waals surface area contributed by atoms with Gasteiger partial charge in [0.15, 0.2) is 0 Å². The summed E-state index contributed by atoms with van der Waals surface area (Å²) >= 11 is 0. The molecule has 3 heteroatoms. The van der Waals surface area contributed by atoms with E-state index in [1.807, 2.05) is 0 Å². The molecule has 1 aromatic rings. The van der Waals surface area contributed by atoms with E-state index in [2.05, 4.69) is 48.0 Å². The summed E-state index contributed by atoms with van der Waals surface area (Å²) in [6.07, 6.45) is 0. The van der Waals surface area contributed by atoms with E-state index >= 15 is 0 Å². The monoisotopic (exact) mass is 273 g/mol. The van der Waals surface area contributed by atoms with Crippen molar-refractivity contribution in [1.29, 1.82) is 0 Å². The third-order valence-corrected chi connectivity index (χ3v) is 4.91. The molecule has 3 rings (SSSR count). The van der Waals surface area contributed by atoms with Crippen LogP contribution < -0.4 is 5.32 Å². The van der Waals surface area contributed by atoms with Crippen molar-refractivity contribution in [2.24, 2.45) is 0 Å². The maximum absolute atomic E-state index is 3.37. The topological polar surface area (TPSA) is 18.5 Å². The smallest absolute Gasteiger partial charge is 0.0346 e. The summed E-state index contributed by atoms with van der Waals surface area (Å²) in [5.74, 6) is 0. The Labute approximate surface area is 123 Å². The Kier molecular flexibility index (Phi) is 4.11. The van der Waals surface area contributed by atoms with Gasteiger partial charge >= 0.3 is 0 Å². The number of benzene rings is 1. The molecule has 1 N–H and O–H groups in total. The number of hydrogen-bond acceptors (Lipinski definition) is 3. The Balaban J connectivity index is 1.59. The highest BCUT2D eigenvalue weighted by atomic mass is 15.3. The highest BCUT2D eigenvalue weighted by Crippen LogP contribution is 2.19. The Bertz CT molecular complexity index is 448. The SMILES string of the molecule is Cc1cc(C)c(CN2CCN(C3CNC3)CC2)c(C)c1. The summed E-state index contributed by atoms with van der Waals surface area (Å²) in [5, 5.41) is 3.37. The molecule has 20 heavy (non-hydrogen) atoms. The molecule has 2 fully saturated rings. The maximum atomic E-state index is 3.37. The summed E-state index contributed by atoms with van der Waals surface area (Å²) in [7, 11) is 0. The normalized spacial score (nSPS) is 21.9. The first-order valence-corrected chi connectivity index (χ1v) is 7.87. The molecule has 0 aromatic heterocycles. The van der Waals surface area contributed by atoms with E-state index < -0.39 is 0 Å². The minimum absolute atomic E-state index is 0.806. The largest absolute Gasteiger partial charge is 0.314 e. The Morgan fingerprint density at radius 3 is 2.10 bits per heavy atom. The highest BCUT2D eigenvalue weighted by Gasteiger charge is 2.27. The van der Waals surface area contributed by atoms with E-state index in [9.17, 15) is 0 Å². The fraction of sp³-hybridized carbons (Fsp3) is 0.647. The number of piperazine rings is 1. The molecule has 0 unspecified atom stereocenters. The third-order valence-electron chi connectivity index (χ3n) is 4.91. The highest BCUT2D eigenvalue weighted by molar-refractivity contribution is 5.37. The fourth-order valence-electron chi connectivity index (χ4n) is 3.50. The lowest BCUT2D eigenvalue weighted by molar-refractivity contribution is 0.0694. The minimum Gasteiger partial charge on any atom is -0.314 e. The molecule has 0 radical (unpaired) electrons. The van der Waals surface area contributed by atoms with Crippen molar-refractivity contribution in [2.75, 3.05) is 39.3 Å². The van der Waals surface area contributed by atoms with Crippen LogP contribution in [0, 0.1) is 20.8 Å². The number of nitrogens with zero attached hydrogens (tertiary/aromatic N) is 2. The molecule has 0 bridgehead atoms. The zero-order chi connectivity index (χ0) is 14.1. The van der Waals surface area contributed by atoms with Crippen LogP contribution in [-0.4, -0.2) is 55.1 Å². The molecule has 1 aromatic carbocycles. The quantitative estimate of drug-likeness (QED) is 0.904. The van der Waals surface area contributed by atoms with Gasteiger partial charge in [0.1, 0.15) is 0 Å². The maximum Gasteiger partial charge on any atom is 0.0346 e. The molecular weight excluding hydrogens is 246 g/mol. The van der Waals surface area contributed by atoms with Crippen molar-refractivity contribution in [3.63, 3.8) is 0 Å². The van der Waals surface area contributed by atoms with Crippen molar-refractivity contribution in [2.45, 2.75) is 33.4 Å². The fourth-order valence-corrected chi connectivity index (χ4v) is 3.50. The van der Waals surface area contributed by atoms with Crippen LogP contribution in [-0.2, 0) is 6.54 Å². The van der Waals surface area contributed by atoms with Crippen LogP contribution in [0.4, 0.5) is 0 Å². The molecule has 0 aliphatic carbocycles. The van der Waals surface area contributed by atoms with Crippen LogP contribution >= 0.6 is 0 Å². The molecule has 110 valence electrons. The zero-order valence-electron chi connectivity index (χ0n) is 13.1. The Hall–Kier alpha value is -0.900. The second-order valence-electron chi connectivity index (χ2n) is 6.50. The summed E-state index contributed by atoms with van der Waals surface area (Å²) in [5.41, 5.74) is 5.82. The molecule has 0 atom stereocenters. The van der Waals surface area contributed by atoms with Crippen LogP contribution in [0.3, 0.4) is 0 Å². The lowest BCUT2D eigenvalue weighted by Gasteiger charge is -2.43. The van der Waals surface area contributed by atoms with Crippen molar-refractivity contribution in [3.8, 4) is 0 Å². The zero-order valence-corrected chi connectivity index (χ0v) is 13.1. The van der Waals surface area contributed by atoms with Crippen molar-refractivity contribution < 1.29 is 0 Å². The summed E-state index contributed by atoms with van der Waals surface area (Å²) in [6.45, 7) is 15.1. The molecule has 0 amide bonds. The lowest BCUT2D eigenvalue weighted by Crippen LogP contribution is -2.61. The van der Waals surface area contributed by atoms with Crippen LogP contribution in [0.25, 0.3) is 0 Å². The summed E-state index contributed by atoms with van der Waals surface area (Å²) < 4.78 is 0.